The maximum atomic E-state index is 12.6. The first kappa shape index (κ1) is 43.3. The lowest BCUT2D eigenvalue weighted by molar-refractivity contribution is -0.142. The van der Waals surface area contributed by atoms with E-state index in [0.29, 0.717) is 6.61 Å². The van der Waals surface area contributed by atoms with Crippen molar-refractivity contribution in [3.05, 3.63) is 0 Å². The van der Waals surface area contributed by atoms with Crippen LogP contribution in [0.15, 0.2) is 0 Å². The van der Waals surface area contributed by atoms with E-state index in [1.165, 1.54) is 109 Å². The Labute approximate surface area is 276 Å². The number of unbranched alkanes of at least 4 members (excludes halogenated alkanes) is 17. The molecule has 0 aliphatic heterocycles. The molecule has 0 aliphatic carbocycles. The highest BCUT2D eigenvalue weighted by Gasteiger charge is 2.20. The Morgan fingerprint density at radius 1 is 0.578 bits per heavy atom. The van der Waals surface area contributed by atoms with Crippen molar-refractivity contribution in [2.45, 2.75) is 188 Å². The predicted octanol–water partition coefficient (Wildman–Crippen LogP) is 8.33. The van der Waals surface area contributed by atoms with Gasteiger partial charge in [-0.2, -0.15) is 0 Å². The topological polar surface area (TPSA) is 125 Å². The average molecular weight is 641 g/mol. The summed E-state index contributed by atoms with van der Waals surface area (Å²) in [7, 11) is 0. The van der Waals surface area contributed by atoms with Gasteiger partial charge in [-0.05, 0) is 24.7 Å². The molecule has 266 valence electrons. The predicted molar refractivity (Wildman–Crippen MR) is 185 cm³/mol. The number of rotatable bonds is 33. The van der Waals surface area contributed by atoms with Crippen molar-refractivity contribution < 1.29 is 29.3 Å². The molecule has 0 radical (unpaired) electrons. The summed E-state index contributed by atoms with van der Waals surface area (Å²) in [6.07, 6.45) is 27.5. The molecule has 0 saturated heterocycles. The van der Waals surface area contributed by atoms with Gasteiger partial charge in [0.25, 0.3) is 0 Å². The van der Waals surface area contributed by atoms with E-state index in [4.69, 9.17) is 14.9 Å². The van der Waals surface area contributed by atoms with Crippen LogP contribution < -0.4 is 10.6 Å². The Balaban J connectivity index is 4.27. The average Bonchev–Trinajstić information content (AvgIpc) is 2.99. The first-order chi connectivity index (χ1) is 21.6. The fourth-order valence-electron chi connectivity index (χ4n) is 5.61. The molecule has 0 aromatic carbocycles. The molecule has 0 spiro atoms. The molecule has 2 amide bonds. The highest BCUT2D eigenvalue weighted by Crippen LogP contribution is 2.17. The van der Waals surface area contributed by atoms with Crippen LogP contribution in [-0.4, -0.2) is 59.9 Å². The van der Waals surface area contributed by atoms with Crippen molar-refractivity contribution in [3.8, 4) is 0 Å². The summed E-state index contributed by atoms with van der Waals surface area (Å²) < 4.78 is 6.16. The Bertz CT molecular complexity index is 715. The molecule has 4 N–H and O–H groups in total. The van der Waals surface area contributed by atoms with E-state index in [9.17, 15) is 14.4 Å². The molecule has 0 heterocycles. The summed E-state index contributed by atoms with van der Waals surface area (Å²) in [6, 6.07) is -1.38. The largest absolute Gasteiger partial charge is 0.480 e. The second kappa shape index (κ2) is 31.0. The van der Waals surface area contributed by atoms with Crippen LogP contribution in [-0.2, 0) is 19.1 Å². The number of aliphatic hydroxyl groups is 1. The Morgan fingerprint density at radius 2 is 0.978 bits per heavy atom. The van der Waals surface area contributed by atoms with E-state index in [2.05, 4.69) is 38.3 Å². The van der Waals surface area contributed by atoms with Crippen LogP contribution in [0.5, 0.6) is 0 Å². The number of aliphatic carboxylic acids is 1. The third-order valence-electron chi connectivity index (χ3n) is 8.51. The second-order valence-electron chi connectivity index (χ2n) is 14.0. The van der Waals surface area contributed by atoms with E-state index in [0.717, 1.165) is 43.9 Å². The Hall–Kier alpha value is -1.67. The fourth-order valence-corrected chi connectivity index (χ4v) is 5.61. The second-order valence-corrected chi connectivity index (χ2v) is 14.0. The van der Waals surface area contributed by atoms with Crippen molar-refractivity contribution >= 4 is 17.8 Å². The third kappa shape index (κ3) is 30.7. The molecule has 45 heavy (non-hydrogen) atoms. The molecule has 1 unspecified atom stereocenters. The minimum Gasteiger partial charge on any atom is -0.480 e. The number of nitrogens with one attached hydrogen (secondary N) is 2. The minimum absolute atomic E-state index is 0.184. The first-order valence-corrected chi connectivity index (χ1v) is 18.7. The smallest absolute Gasteiger partial charge is 0.328 e. The molecule has 0 aromatic rings. The van der Waals surface area contributed by atoms with Crippen LogP contribution >= 0.6 is 0 Å². The van der Waals surface area contributed by atoms with Gasteiger partial charge in [-0.15, -0.1) is 0 Å². The van der Waals surface area contributed by atoms with Crippen LogP contribution in [0.1, 0.15) is 175 Å². The normalized spacial score (nSPS) is 12.9. The molecule has 0 fully saturated rings. The number of hydrogen-bond acceptors (Lipinski definition) is 5. The number of carboxylic acid groups (broad SMARTS) is 1. The number of carbonyl (C=O) groups is 3. The minimum atomic E-state index is -1.38. The van der Waals surface area contributed by atoms with Crippen LogP contribution in [0.25, 0.3) is 0 Å². The summed E-state index contributed by atoms with van der Waals surface area (Å²) in [6.45, 7) is 8.78. The van der Waals surface area contributed by atoms with Gasteiger partial charge in [0.15, 0.2) is 0 Å². The Morgan fingerprint density at radius 3 is 1.38 bits per heavy atom. The molecular formula is C37H72N2O6. The lowest BCUT2D eigenvalue weighted by Crippen LogP contribution is -2.47. The SMILES string of the molecule is CC(C)CCCCCCCCCCCCOC(CCCCCCCCCCCC(C)C)CC(=O)NCC(=O)N[C@@H](CO)C(=O)O. The summed E-state index contributed by atoms with van der Waals surface area (Å²) in [5, 5.41) is 22.8. The third-order valence-corrected chi connectivity index (χ3v) is 8.51. The summed E-state index contributed by atoms with van der Waals surface area (Å²) in [5.41, 5.74) is 0. The van der Waals surface area contributed by atoms with Crippen molar-refractivity contribution in [2.75, 3.05) is 19.8 Å². The van der Waals surface area contributed by atoms with Crippen molar-refractivity contribution in [2.24, 2.45) is 11.8 Å². The van der Waals surface area contributed by atoms with E-state index >= 15 is 0 Å². The van der Waals surface area contributed by atoms with Gasteiger partial charge < -0.3 is 25.6 Å². The van der Waals surface area contributed by atoms with E-state index in [1.807, 2.05) is 0 Å². The van der Waals surface area contributed by atoms with Crippen molar-refractivity contribution in [1.82, 2.24) is 10.6 Å². The van der Waals surface area contributed by atoms with Crippen LogP contribution in [0.2, 0.25) is 0 Å². The molecule has 8 nitrogen and oxygen atoms in total. The van der Waals surface area contributed by atoms with Gasteiger partial charge in [-0.1, -0.05) is 156 Å². The number of amides is 2. The molecular weight excluding hydrogens is 568 g/mol. The van der Waals surface area contributed by atoms with Gasteiger partial charge in [0.05, 0.1) is 25.7 Å². The number of carboxylic acids is 1. The van der Waals surface area contributed by atoms with Gasteiger partial charge in [0, 0.05) is 6.61 Å². The van der Waals surface area contributed by atoms with Crippen LogP contribution in [0.3, 0.4) is 0 Å². The van der Waals surface area contributed by atoms with Crippen LogP contribution in [0.4, 0.5) is 0 Å². The van der Waals surface area contributed by atoms with Gasteiger partial charge in [-0.3, -0.25) is 9.59 Å². The molecule has 0 bridgehead atoms. The monoisotopic (exact) mass is 641 g/mol. The molecule has 0 aromatic heterocycles. The molecule has 2 atom stereocenters. The zero-order valence-corrected chi connectivity index (χ0v) is 29.7. The van der Waals surface area contributed by atoms with Gasteiger partial charge >= 0.3 is 5.97 Å². The number of aliphatic hydroxyl groups excluding tert-OH is 1. The lowest BCUT2D eigenvalue weighted by atomic mass is 10.0. The number of carbonyl (C=O) groups excluding carboxylic acids is 2. The number of ether oxygens (including phenoxy) is 1. The first-order valence-electron chi connectivity index (χ1n) is 18.7. The quantitative estimate of drug-likeness (QED) is 0.0535. The van der Waals surface area contributed by atoms with Gasteiger partial charge in [0.1, 0.15) is 6.04 Å². The molecule has 0 saturated carbocycles. The summed E-state index contributed by atoms with van der Waals surface area (Å²) in [4.78, 5) is 35.6. The molecule has 0 rings (SSSR count). The van der Waals surface area contributed by atoms with Crippen molar-refractivity contribution in [1.29, 1.82) is 0 Å². The van der Waals surface area contributed by atoms with Crippen LogP contribution in [0, 0.1) is 11.8 Å². The zero-order chi connectivity index (χ0) is 33.5. The fraction of sp³-hybridized carbons (Fsp3) is 0.919. The number of hydrogen-bond donors (Lipinski definition) is 4. The highest BCUT2D eigenvalue weighted by molar-refractivity contribution is 5.88. The molecule has 0 aliphatic rings. The lowest BCUT2D eigenvalue weighted by Gasteiger charge is -2.18. The maximum Gasteiger partial charge on any atom is 0.328 e. The van der Waals surface area contributed by atoms with Crippen molar-refractivity contribution in [3.63, 3.8) is 0 Å². The van der Waals surface area contributed by atoms with Gasteiger partial charge in [-0.25, -0.2) is 4.79 Å². The highest BCUT2D eigenvalue weighted by atomic mass is 16.5. The van der Waals surface area contributed by atoms with E-state index < -0.39 is 24.5 Å². The molecule has 8 heteroatoms. The summed E-state index contributed by atoms with van der Waals surface area (Å²) >= 11 is 0. The van der Waals surface area contributed by atoms with E-state index in [-0.39, 0.29) is 25.0 Å². The Kier molecular flexibility index (Phi) is 29.8. The zero-order valence-electron chi connectivity index (χ0n) is 29.7. The van der Waals surface area contributed by atoms with E-state index in [1.54, 1.807) is 0 Å². The standard InChI is InChI=1S/C37H72N2O6/c1-31(2)24-20-16-12-8-5-6-11-15-19-23-27-45-33(26-22-18-14-10-7-9-13-17-21-25-32(3)4)28-35(41)38-29-36(42)39-34(30-40)37(43)44/h31-34,40H,5-30H2,1-4H3,(H,38,41)(H,39,42)(H,43,44)/t33?,34-/m0/s1. The summed E-state index contributed by atoms with van der Waals surface area (Å²) in [5.74, 6) is -0.622. The maximum absolute atomic E-state index is 12.6. The van der Waals surface area contributed by atoms with Gasteiger partial charge in [0.2, 0.25) is 11.8 Å².